The first-order chi connectivity index (χ1) is 10.1. The van der Waals surface area contributed by atoms with Crippen LogP contribution in [-0.2, 0) is 6.42 Å². The van der Waals surface area contributed by atoms with Crippen LogP contribution in [0, 0.1) is 0 Å². The minimum absolute atomic E-state index is 0.0357. The summed E-state index contributed by atoms with van der Waals surface area (Å²) in [5.41, 5.74) is 1.53. The largest absolute Gasteiger partial charge is 0.506 e. The quantitative estimate of drug-likeness (QED) is 0.892. The van der Waals surface area contributed by atoms with Crippen LogP contribution >= 0.6 is 11.6 Å². The number of benzene rings is 2. The van der Waals surface area contributed by atoms with Gasteiger partial charge in [0.05, 0.1) is 12.1 Å². The lowest BCUT2D eigenvalue weighted by molar-refractivity contribution is 0.0954. The number of nitrogens with one attached hydrogen (secondary N) is 1. The zero-order valence-electron chi connectivity index (χ0n) is 11.6. The van der Waals surface area contributed by atoms with Crippen LogP contribution in [0.15, 0.2) is 42.5 Å². The Morgan fingerprint density at radius 1 is 1.24 bits per heavy atom. The summed E-state index contributed by atoms with van der Waals surface area (Å²) >= 11 is 5.77. The third-order valence-corrected chi connectivity index (χ3v) is 3.37. The van der Waals surface area contributed by atoms with Gasteiger partial charge in [-0.15, -0.1) is 0 Å². The number of methoxy groups -OCH3 is 1. The number of phenolic OH excluding ortho intramolecular Hbond substituents is 1. The molecular weight excluding hydrogens is 290 g/mol. The van der Waals surface area contributed by atoms with Gasteiger partial charge in [0.1, 0.15) is 11.5 Å². The van der Waals surface area contributed by atoms with Crippen LogP contribution in [0.4, 0.5) is 0 Å². The minimum Gasteiger partial charge on any atom is -0.506 e. The van der Waals surface area contributed by atoms with Gasteiger partial charge in [-0.2, -0.15) is 0 Å². The molecule has 0 spiro atoms. The molecule has 2 aromatic carbocycles. The van der Waals surface area contributed by atoms with Crippen LogP contribution in [0.25, 0.3) is 0 Å². The number of hydrogen-bond donors (Lipinski definition) is 2. The van der Waals surface area contributed by atoms with Gasteiger partial charge < -0.3 is 15.2 Å². The Labute approximate surface area is 128 Å². The molecule has 1 amide bonds. The highest BCUT2D eigenvalue weighted by Crippen LogP contribution is 2.23. The lowest BCUT2D eigenvalue weighted by Gasteiger charge is -2.07. The molecule has 0 aliphatic carbocycles. The van der Waals surface area contributed by atoms with E-state index in [4.69, 9.17) is 16.3 Å². The van der Waals surface area contributed by atoms with E-state index < -0.39 is 0 Å². The molecule has 2 N–H and O–H groups in total. The number of carbonyl (C=O) groups is 1. The van der Waals surface area contributed by atoms with Gasteiger partial charge in [-0.05, 0) is 42.3 Å². The number of rotatable bonds is 5. The molecule has 0 saturated heterocycles. The maximum absolute atomic E-state index is 11.9. The van der Waals surface area contributed by atoms with Gasteiger partial charge in [-0.3, -0.25) is 4.79 Å². The number of phenols is 1. The molecule has 2 aromatic rings. The fraction of sp³-hybridized carbons (Fsp3) is 0.188. The van der Waals surface area contributed by atoms with Crippen LogP contribution in [0.5, 0.6) is 11.5 Å². The predicted octanol–water partition coefficient (Wildman–Crippen LogP) is 3.03. The lowest BCUT2D eigenvalue weighted by atomic mass is 10.1. The molecule has 0 atom stereocenters. The van der Waals surface area contributed by atoms with E-state index in [2.05, 4.69) is 5.32 Å². The van der Waals surface area contributed by atoms with E-state index in [0.717, 1.165) is 17.7 Å². The van der Waals surface area contributed by atoms with Gasteiger partial charge >= 0.3 is 0 Å². The van der Waals surface area contributed by atoms with Crippen molar-refractivity contribution in [2.75, 3.05) is 13.7 Å². The van der Waals surface area contributed by atoms with Crippen molar-refractivity contribution < 1.29 is 14.6 Å². The summed E-state index contributed by atoms with van der Waals surface area (Å²) in [5, 5.41) is 12.3. The highest BCUT2D eigenvalue weighted by atomic mass is 35.5. The van der Waals surface area contributed by atoms with Crippen molar-refractivity contribution >= 4 is 17.5 Å². The Balaban J connectivity index is 1.87. The van der Waals surface area contributed by atoms with E-state index in [1.54, 1.807) is 7.11 Å². The third-order valence-electron chi connectivity index (χ3n) is 3.07. The number of amides is 1. The number of ether oxygens (including phenoxy) is 1. The minimum atomic E-state index is -0.217. The Morgan fingerprint density at radius 3 is 2.57 bits per heavy atom. The van der Waals surface area contributed by atoms with Crippen LogP contribution in [0.1, 0.15) is 15.9 Å². The molecule has 5 heteroatoms. The fourth-order valence-corrected chi connectivity index (χ4v) is 2.04. The molecule has 0 radical (unpaired) electrons. The zero-order chi connectivity index (χ0) is 15.2. The topological polar surface area (TPSA) is 58.6 Å². The van der Waals surface area contributed by atoms with Crippen LogP contribution in [-0.4, -0.2) is 24.7 Å². The summed E-state index contributed by atoms with van der Waals surface area (Å²) in [7, 11) is 1.62. The van der Waals surface area contributed by atoms with Crippen molar-refractivity contribution in [2.45, 2.75) is 6.42 Å². The maximum atomic E-state index is 11.9. The van der Waals surface area contributed by atoms with E-state index in [-0.39, 0.29) is 16.7 Å². The molecule has 110 valence electrons. The summed E-state index contributed by atoms with van der Waals surface area (Å²) in [4.78, 5) is 11.9. The van der Waals surface area contributed by atoms with Crippen LogP contribution < -0.4 is 10.1 Å². The number of carbonyl (C=O) groups excluding carboxylic acids is 1. The SMILES string of the molecule is COc1ccc(CCNC(=O)c2ccc(O)c(Cl)c2)cc1. The van der Waals surface area contributed by atoms with Crippen molar-refractivity contribution in [3.63, 3.8) is 0 Å². The smallest absolute Gasteiger partial charge is 0.251 e. The molecule has 0 unspecified atom stereocenters. The van der Waals surface area contributed by atoms with Crippen LogP contribution in [0.3, 0.4) is 0 Å². The summed E-state index contributed by atoms with van der Waals surface area (Å²) in [6.45, 7) is 0.518. The van der Waals surface area contributed by atoms with Gasteiger partial charge in [-0.25, -0.2) is 0 Å². The molecule has 0 fully saturated rings. The molecule has 0 saturated carbocycles. The second-order valence-corrected chi connectivity index (χ2v) is 4.93. The van der Waals surface area contributed by atoms with E-state index in [0.29, 0.717) is 12.1 Å². The van der Waals surface area contributed by atoms with Crippen molar-refractivity contribution in [1.29, 1.82) is 0 Å². The predicted molar refractivity (Wildman–Crippen MR) is 82.1 cm³/mol. The third kappa shape index (κ3) is 4.13. The Hall–Kier alpha value is -2.20. The molecule has 0 aromatic heterocycles. The van der Waals surface area contributed by atoms with E-state index in [1.807, 2.05) is 24.3 Å². The summed E-state index contributed by atoms with van der Waals surface area (Å²) in [5.74, 6) is 0.554. The molecule has 21 heavy (non-hydrogen) atoms. The van der Waals surface area contributed by atoms with Crippen molar-refractivity contribution in [2.24, 2.45) is 0 Å². The summed E-state index contributed by atoms with van der Waals surface area (Å²) < 4.78 is 5.09. The van der Waals surface area contributed by atoms with Gasteiger partial charge in [0.15, 0.2) is 0 Å². The van der Waals surface area contributed by atoms with E-state index in [9.17, 15) is 9.90 Å². The van der Waals surface area contributed by atoms with Crippen molar-refractivity contribution in [3.05, 3.63) is 58.6 Å². The Kier molecular flexibility index (Phi) is 5.06. The highest BCUT2D eigenvalue weighted by molar-refractivity contribution is 6.32. The second kappa shape index (κ2) is 6.99. The average molecular weight is 306 g/mol. The Bertz CT molecular complexity index is 626. The van der Waals surface area contributed by atoms with E-state index in [1.165, 1.54) is 18.2 Å². The normalized spacial score (nSPS) is 10.2. The van der Waals surface area contributed by atoms with Gasteiger partial charge in [-0.1, -0.05) is 23.7 Å². The lowest BCUT2D eigenvalue weighted by Crippen LogP contribution is -2.25. The number of hydrogen-bond acceptors (Lipinski definition) is 3. The zero-order valence-corrected chi connectivity index (χ0v) is 12.4. The Morgan fingerprint density at radius 2 is 1.95 bits per heavy atom. The summed E-state index contributed by atoms with van der Waals surface area (Å²) in [6.07, 6.45) is 0.724. The molecule has 4 nitrogen and oxygen atoms in total. The molecule has 0 bridgehead atoms. The second-order valence-electron chi connectivity index (χ2n) is 4.52. The van der Waals surface area contributed by atoms with Gasteiger partial charge in [0.2, 0.25) is 0 Å². The standard InChI is InChI=1S/C16H16ClNO3/c1-21-13-5-2-11(3-6-13)8-9-18-16(20)12-4-7-15(19)14(17)10-12/h2-7,10,19H,8-9H2,1H3,(H,18,20). The first kappa shape index (κ1) is 15.2. The fourth-order valence-electron chi connectivity index (χ4n) is 1.86. The first-order valence-electron chi connectivity index (χ1n) is 6.50. The molecule has 0 heterocycles. The molecule has 0 aliphatic rings. The number of aromatic hydroxyl groups is 1. The average Bonchev–Trinajstić information content (AvgIpc) is 2.50. The molecule has 2 rings (SSSR count). The maximum Gasteiger partial charge on any atom is 0.251 e. The van der Waals surface area contributed by atoms with Crippen molar-refractivity contribution in [3.8, 4) is 11.5 Å². The summed E-state index contributed by atoms with van der Waals surface area (Å²) in [6, 6.07) is 12.1. The monoisotopic (exact) mass is 305 g/mol. The first-order valence-corrected chi connectivity index (χ1v) is 6.87. The van der Waals surface area contributed by atoms with Gasteiger partial charge in [0, 0.05) is 12.1 Å². The van der Waals surface area contributed by atoms with E-state index >= 15 is 0 Å². The van der Waals surface area contributed by atoms with Crippen molar-refractivity contribution in [1.82, 2.24) is 5.32 Å². The number of halogens is 1. The van der Waals surface area contributed by atoms with Crippen LogP contribution in [0.2, 0.25) is 5.02 Å². The molecular formula is C16H16ClNO3. The highest BCUT2D eigenvalue weighted by Gasteiger charge is 2.07. The molecule has 0 aliphatic heterocycles. The van der Waals surface area contributed by atoms with Gasteiger partial charge in [0.25, 0.3) is 5.91 Å².